The van der Waals surface area contributed by atoms with Gasteiger partial charge in [0.25, 0.3) is 0 Å². The van der Waals surface area contributed by atoms with Gasteiger partial charge in [0.05, 0.1) is 0 Å². The highest BCUT2D eigenvalue weighted by atomic mass is 35.5. The molecule has 1 atom stereocenters. The SMILES string of the molecule is O[C@@H](c1ccc(Cl)cc1Cl)c1ccc2c3c(cccc13)CC2. The van der Waals surface area contributed by atoms with Crippen molar-refractivity contribution in [2.24, 2.45) is 0 Å². The van der Waals surface area contributed by atoms with Gasteiger partial charge in [0, 0.05) is 15.6 Å². The molecule has 1 aliphatic carbocycles. The van der Waals surface area contributed by atoms with Gasteiger partial charge in [0.15, 0.2) is 0 Å². The van der Waals surface area contributed by atoms with Gasteiger partial charge >= 0.3 is 0 Å². The standard InChI is InChI=1S/C19H14Cl2O/c20-13-7-9-16(17(21)10-13)19(22)15-8-6-12-5-4-11-2-1-3-14(15)18(11)12/h1-3,6-10,19,22H,4-5H2/t19-/m1/s1. The van der Waals surface area contributed by atoms with Crippen LogP contribution in [0.4, 0.5) is 0 Å². The molecule has 0 radical (unpaired) electrons. The average molecular weight is 329 g/mol. The van der Waals surface area contributed by atoms with Crippen molar-refractivity contribution in [2.75, 3.05) is 0 Å². The first-order chi connectivity index (χ1) is 10.6. The molecule has 22 heavy (non-hydrogen) atoms. The third-order valence-electron chi connectivity index (χ3n) is 4.46. The van der Waals surface area contributed by atoms with Crippen molar-refractivity contribution in [1.82, 2.24) is 0 Å². The van der Waals surface area contributed by atoms with Gasteiger partial charge in [-0.2, -0.15) is 0 Å². The highest BCUT2D eigenvalue weighted by Gasteiger charge is 2.21. The lowest BCUT2D eigenvalue weighted by atomic mass is 9.93. The van der Waals surface area contributed by atoms with Crippen LogP contribution in [0.5, 0.6) is 0 Å². The monoisotopic (exact) mass is 328 g/mol. The lowest BCUT2D eigenvalue weighted by Crippen LogP contribution is -2.02. The van der Waals surface area contributed by atoms with Gasteiger partial charge in [-0.05, 0) is 52.4 Å². The van der Waals surface area contributed by atoms with Gasteiger partial charge in [-0.3, -0.25) is 0 Å². The van der Waals surface area contributed by atoms with Gasteiger partial charge in [-0.15, -0.1) is 0 Å². The quantitative estimate of drug-likeness (QED) is 0.674. The van der Waals surface area contributed by atoms with E-state index in [1.54, 1.807) is 18.2 Å². The van der Waals surface area contributed by atoms with E-state index in [-0.39, 0.29) is 0 Å². The molecule has 0 aliphatic heterocycles. The molecular weight excluding hydrogens is 315 g/mol. The Morgan fingerprint density at radius 3 is 2.36 bits per heavy atom. The number of hydrogen-bond donors (Lipinski definition) is 1. The van der Waals surface area contributed by atoms with Gasteiger partial charge < -0.3 is 5.11 Å². The van der Waals surface area contributed by atoms with E-state index in [1.807, 2.05) is 6.07 Å². The van der Waals surface area contributed by atoms with Crippen LogP contribution in [-0.2, 0) is 12.8 Å². The predicted octanol–water partition coefficient (Wildman–Crippen LogP) is 5.33. The topological polar surface area (TPSA) is 20.2 Å². The molecule has 0 fully saturated rings. The molecule has 3 heteroatoms. The molecule has 0 heterocycles. The van der Waals surface area contributed by atoms with Crippen molar-refractivity contribution >= 4 is 34.0 Å². The van der Waals surface area contributed by atoms with E-state index >= 15 is 0 Å². The van der Waals surface area contributed by atoms with Crippen molar-refractivity contribution in [3.05, 3.63) is 80.8 Å². The fourth-order valence-electron chi connectivity index (χ4n) is 3.40. The van der Waals surface area contributed by atoms with E-state index in [0.717, 1.165) is 23.8 Å². The zero-order chi connectivity index (χ0) is 15.3. The van der Waals surface area contributed by atoms with E-state index < -0.39 is 6.10 Å². The third kappa shape index (κ3) is 2.13. The zero-order valence-corrected chi connectivity index (χ0v) is 13.3. The summed E-state index contributed by atoms with van der Waals surface area (Å²) in [5, 5.41) is 14.3. The second-order valence-electron chi connectivity index (χ2n) is 5.72. The third-order valence-corrected chi connectivity index (χ3v) is 5.02. The minimum Gasteiger partial charge on any atom is -0.384 e. The van der Waals surface area contributed by atoms with Gasteiger partial charge in [0.2, 0.25) is 0 Å². The highest BCUT2D eigenvalue weighted by Crippen LogP contribution is 2.38. The highest BCUT2D eigenvalue weighted by molar-refractivity contribution is 6.35. The van der Waals surface area contributed by atoms with E-state index in [0.29, 0.717) is 15.6 Å². The lowest BCUT2D eigenvalue weighted by molar-refractivity contribution is 0.222. The Bertz CT molecular complexity index is 876. The Labute approximate surface area is 139 Å². The maximum absolute atomic E-state index is 10.8. The van der Waals surface area contributed by atoms with E-state index in [4.69, 9.17) is 23.2 Å². The molecule has 1 aliphatic rings. The normalized spacial score (nSPS) is 14.5. The minimum absolute atomic E-state index is 0.489. The number of rotatable bonds is 2. The molecular formula is C19H14Cl2O. The predicted molar refractivity (Wildman–Crippen MR) is 91.9 cm³/mol. The van der Waals surface area contributed by atoms with E-state index in [1.165, 1.54) is 16.5 Å². The van der Waals surface area contributed by atoms with Crippen LogP contribution in [0.1, 0.15) is 28.4 Å². The number of aryl methyl sites for hydroxylation is 2. The van der Waals surface area contributed by atoms with Crippen LogP contribution in [-0.4, -0.2) is 5.11 Å². The molecule has 3 aromatic rings. The molecule has 110 valence electrons. The molecule has 0 spiro atoms. The first-order valence-electron chi connectivity index (χ1n) is 7.31. The molecule has 3 aromatic carbocycles. The van der Waals surface area contributed by atoms with Crippen LogP contribution >= 0.6 is 23.2 Å². The first-order valence-corrected chi connectivity index (χ1v) is 8.07. The fourth-order valence-corrected chi connectivity index (χ4v) is 3.91. The molecule has 0 bridgehead atoms. The summed E-state index contributed by atoms with van der Waals surface area (Å²) < 4.78 is 0. The number of benzene rings is 3. The fraction of sp³-hybridized carbons (Fsp3) is 0.158. The Hall–Kier alpha value is -1.54. The summed E-state index contributed by atoms with van der Waals surface area (Å²) in [6.45, 7) is 0. The van der Waals surface area contributed by atoms with E-state index in [9.17, 15) is 5.11 Å². The smallest absolute Gasteiger partial charge is 0.106 e. The van der Waals surface area contributed by atoms with Gasteiger partial charge in [-0.25, -0.2) is 0 Å². The molecule has 0 saturated carbocycles. The van der Waals surface area contributed by atoms with Crippen molar-refractivity contribution in [2.45, 2.75) is 18.9 Å². The molecule has 1 N–H and O–H groups in total. The molecule has 0 amide bonds. The summed E-state index contributed by atoms with van der Waals surface area (Å²) in [6.07, 6.45) is 1.40. The minimum atomic E-state index is -0.755. The van der Waals surface area contributed by atoms with Crippen LogP contribution in [0.2, 0.25) is 10.0 Å². The number of aliphatic hydroxyl groups is 1. The Kier molecular flexibility index (Phi) is 3.37. The lowest BCUT2D eigenvalue weighted by Gasteiger charge is -2.17. The number of aliphatic hydroxyl groups excluding tert-OH is 1. The summed E-state index contributed by atoms with van der Waals surface area (Å²) in [7, 11) is 0. The Morgan fingerprint density at radius 1 is 0.864 bits per heavy atom. The van der Waals surface area contributed by atoms with Crippen molar-refractivity contribution < 1.29 is 5.11 Å². The second-order valence-corrected chi connectivity index (χ2v) is 6.57. The van der Waals surface area contributed by atoms with Crippen LogP contribution in [0, 0.1) is 0 Å². The summed E-state index contributed by atoms with van der Waals surface area (Å²) in [5.74, 6) is 0. The van der Waals surface area contributed by atoms with Crippen molar-refractivity contribution in [3.8, 4) is 0 Å². The van der Waals surface area contributed by atoms with Crippen LogP contribution in [0.3, 0.4) is 0 Å². The van der Waals surface area contributed by atoms with Crippen LogP contribution in [0.15, 0.2) is 48.5 Å². The Morgan fingerprint density at radius 2 is 1.59 bits per heavy atom. The maximum Gasteiger partial charge on any atom is 0.106 e. The maximum atomic E-state index is 10.8. The largest absolute Gasteiger partial charge is 0.384 e. The summed E-state index contributed by atoms with van der Waals surface area (Å²) in [5.41, 5.74) is 4.31. The molecule has 1 nitrogen and oxygen atoms in total. The first kappa shape index (κ1) is 14.1. The van der Waals surface area contributed by atoms with Gasteiger partial charge in [-0.1, -0.05) is 59.6 Å². The molecule has 0 aromatic heterocycles. The molecule has 0 unspecified atom stereocenters. The average Bonchev–Trinajstić information content (AvgIpc) is 2.92. The van der Waals surface area contributed by atoms with Crippen molar-refractivity contribution in [1.29, 1.82) is 0 Å². The summed E-state index contributed by atoms with van der Waals surface area (Å²) >= 11 is 12.2. The number of halogens is 2. The van der Waals surface area contributed by atoms with Crippen molar-refractivity contribution in [3.63, 3.8) is 0 Å². The van der Waals surface area contributed by atoms with Crippen LogP contribution < -0.4 is 0 Å². The summed E-state index contributed by atoms with van der Waals surface area (Å²) in [6, 6.07) is 15.7. The number of hydrogen-bond acceptors (Lipinski definition) is 1. The van der Waals surface area contributed by atoms with E-state index in [2.05, 4.69) is 24.3 Å². The molecule has 0 saturated heterocycles. The zero-order valence-electron chi connectivity index (χ0n) is 11.8. The van der Waals surface area contributed by atoms with Crippen LogP contribution in [0.25, 0.3) is 10.8 Å². The molecule has 4 rings (SSSR count). The van der Waals surface area contributed by atoms with Gasteiger partial charge in [0.1, 0.15) is 6.10 Å². The second kappa shape index (κ2) is 5.27. The summed E-state index contributed by atoms with van der Waals surface area (Å²) in [4.78, 5) is 0. The Balaban J connectivity index is 1.91.